The predicted molar refractivity (Wildman–Crippen MR) is 129 cm³/mol. The highest BCUT2D eigenvalue weighted by molar-refractivity contribution is 5.72. The second-order valence-electron chi connectivity index (χ2n) is 10.1. The molecule has 1 aromatic rings. The van der Waals surface area contributed by atoms with E-state index in [1.807, 2.05) is 31.2 Å². The molecule has 0 amide bonds. The summed E-state index contributed by atoms with van der Waals surface area (Å²) in [7, 11) is 0. The molecule has 2 unspecified atom stereocenters. The molecule has 3 saturated heterocycles. The van der Waals surface area contributed by atoms with Crippen LogP contribution in [0.15, 0.2) is 36.1 Å². The lowest BCUT2D eigenvalue weighted by Gasteiger charge is -2.33. The Balaban J connectivity index is 1.32. The largest absolute Gasteiger partial charge is 0.493 e. The van der Waals surface area contributed by atoms with Gasteiger partial charge in [-0.15, -0.1) is 0 Å². The van der Waals surface area contributed by atoms with Crippen molar-refractivity contribution >= 4 is 5.97 Å². The summed E-state index contributed by atoms with van der Waals surface area (Å²) in [6.45, 7) is 4.03. The van der Waals surface area contributed by atoms with Crippen LogP contribution in [-0.4, -0.2) is 50.6 Å². The molecule has 1 aliphatic carbocycles. The highest BCUT2D eigenvalue weighted by Crippen LogP contribution is 2.47. The van der Waals surface area contributed by atoms with Gasteiger partial charge < -0.3 is 28.4 Å². The SMILES string of the molecule is Cc1ccccc1OCC/C=C(/OC1CCCCO1)[C@H]1[C@@H]2CC(=O)O[C@@H]2C[C@H]1OC1CCCCO1. The van der Waals surface area contributed by atoms with Gasteiger partial charge in [0.15, 0.2) is 12.6 Å². The maximum absolute atomic E-state index is 12.2. The van der Waals surface area contributed by atoms with Crippen LogP contribution in [0.3, 0.4) is 0 Å². The summed E-state index contributed by atoms with van der Waals surface area (Å²) >= 11 is 0. The molecule has 3 heterocycles. The van der Waals surface area contributed by atoms with Crippen molar-refractivity contribution in [2.45, 2.75) is 89.5 Å². The number of para-hydroxylation sites is 1. The maximum atomic E-state index is 12.2. The molecule has 0 spiro atoms. The lowest BCUT2D eigenvalue weighted by atomic mass is 9.89. The summed E-state index contributed by atoms with van der Waals surface area (Å²) in [6.07, 6.45) is 9.23. The summed E-state index contributed by atoms with van der Waals surface area (Å²) in [6, 6.07) is 8.03. The molecular formula is C28H38O7. The fourth-order valence-electron chi connectivity index (χ4n) is 5.72. The van der Waals surface area contributed by atoms with Crippen molar-refractivity contribution in [1.29, 1.82) is 0 Å². The molecule has 192 valence electrons. The van der Waals surface area contributed by atoms with Gasteiger partial charge in [0.05, 0.1) is 25.7 Å². The van der Waals surface area contributed by atoms with Gasteiger partial charge in [-0.3, -0.25) is 4.79 Å². The number of carbonyl (C=O) groups is 1. The van der Waals surface area contributed by atoms with E-state index in [1.165, 1.54) is 0 Å². The van der Waals surface area contributed by atoms with Gasteiger partial charge in [0, 0.05) is 37.7 Å². The first kappa shape index (κ1) is 24.6. The van der Waals surface area contributed by atoms with Crippen molar-refractivity contribution in [2.75, 3.05) is 19.8 Å². The fourth-order valence-corrected chi connectivity index (χ4v) is 5.72. The standard InChI is InChI=1S/C28H38O7/c1-19-9-2-3-10-21(19)30-16-8-11-22(34-26-12-4-6-14-31-26)28-20-17-25(29)33-23(20)18-24(28)35-27-13-5-7-15-32-27/h2-3,9-11,20,23-24,26-28H,4-8,12-18H2,1H3/b22-11+/t20-,23-,24-,26?,27?,28-/m1/s1. The molecule has 4 aliphatic rings. The van der Waals surface area contributed by atoms with Crippen molar-refractivity contribution < 1.29 is 33.2 Å². The maximum Gasteiger partial charge on any atom is 0.306 e. The molecule has 0 bridgehead atoms. The monoisotopic (exact) mass is 486 g/mol. The van der Waals surface area contributed by atoms with Gasteiger partial charge in [-0.25, -0.2) is 0 Å². The van der Waals surface area contributed by atoms with Crippen LogP contribution in [0.25, 0.3) is 0 Å². The van der Waals surface area contributed by atoms with Gasteiger partial charge >= 0.3 is 5.97 Å². The van der Waals surface area contributed by atoms with Gasteiger partial charge in [0.2, 0.25) is 0 Å². The van der Waals surface area contributed by atoms with E-state index in [0.29, 0.717) is 32.5 Å². The first-order valence-corrected chi connectivity index (χ1v) is 13.3. The van der Waals surface area contributed by atoms with Gasteiger partial charge in [0.25, 0.3) is 0 Å². The van der Waals surface area contributed by atoms with Crippen molar-refractivity contribution in [2.24, 2.45) is 11.8 Å². The minimum Gasteiger partial charge on any atom is -0.493 e. The van der Waals surface area contributed by atoms with Crippen LogP contribution in [0.1, 0.15) is 63.4 Å². The topological polar surface area (TPSA) is 72.5 Å². The first-order chi connectivity index (χ1) is 17.2. The van der Waals surface area contributed by atoms with Crippen molar-refractivity contribution in [3.05, 3.63) is 41.7 Å². The number of rotatable bonds is 9. The Morgan fingerprint density at radius 3 is 2.57 bits per heavy atom. The molecule has 0 N–H and O–H groups in total. The Morgan fingerprint density at radius 1 is 1.06 bits per heavy atom. The quantitative estimate of drug-likeness (QED) is 0.275. The molecule has 3 aliphatic heterocycles. The van der Waals surface area contributed by atoms with E-state index in [4.69, 9.17) is 28.4 Å². The third-order valence-electron chi connectivity index (χ3n) is 7.50. The van der Waals surface area contributed by atoms with Gasteiger partial charge in [-0.1, -0.05) is 18.2 Å². The first-order valence-electron chi connectivity index (χ1n) is 13.3. The zero-order valence-electron chi connectivity index (χ0n) is 20.7. The minimum atomic E-state index is -0.268. The summed E-state index contributed by atoms with van der Waals surface area (Å²) in [4.78, 5) is 12.2. The Hall–Kier alpha value is -2.09. The summed E-state index contributed by atoms with van der Waals surface area (Å²) in [5, 5.41) is 0. The number of hydrogen-bond donors (Lipinski definition) is 0. The number of carbonyl (C=O) groups excluding carboxylic acids is 1. The van der Waals surface area contributed by atoms with Crippen LogP contribution < -0.4 is 4.74 Å². The number of ether oxygens (including phenoxy) is 6. The van der Waals surface area contributed by atoms with Crippen LogP contribution in [0.2, 0.25) is 0 Å². The van der Waals surface area contributed by atoms with E-state index in [0.717, 1.165) is 62.2 Å². The Morgan fingerprint density at radius 2 is 1.83 bits per heavy atom. The average Bonchev–Trinajstić information content (AvgIpc) is 3.38. The van der Waals surface area contributed by atoms with E-state index in [1.54, 1.807) is 0 Å². The van der Waals surface area contributed by atoms with Gasteiger partial charge in [-0.05, 0) is 56.7 Å². The Kier molecular flexibility index (Phi) is 8.27. The number of aryl methyl sites for hydroxylation is 1. The molecule has 0 radical (unpaired) electrons. The molecule has 1 aromatic carbocycles. The third kappa shape index (κ3) is 6.19. The van der Waals surface area contributed by atoms with Gasteiger partial charge in [-0.2, -0.15) is 0 Å². The second-order valence-corrected chi connectivity index (χ2v) is 10.1. The zero-order valence-corrected chi connectivity index (χ0v) is 20.7. The molecule has 6 atom stereocenters. The number of hydrogen-bond acceptors (Lipinski definition) is 7. The second kappa shape index (κ2) is 11.8. The molecule has 1 saturated carbocycles. The Labute approximate surface area is 208 Å². The smallest absolute Gasteiger partial charge is 0.306 e. The molecule has 0 aromatic heterocycles. The molecule has 5 rings (SSSR count). The number of fused-ring (bicyclic) bond motifs is 1. The zero-order chi connectivity index (χ0) is 24.0. The molecule has 7 heteroatoms. The normalized spacial score (nSPS) is 33.3. The van der Waals surface area contributed by atoms with Crippen LogP contribution >= 0.6 is 0 Å². The van der Waals surface area contributed by atoms with E-state index in [2.05, 4.69) is 6.08 Å². The number of esters is 1. The molecular weight excluding hydrogens is 448 g/mol. The van der Waals surface area contributed by atoms with Crippen LogP contribution in [0, 0.1) is 18.8 Å². The fraction of sp³-hybridized carbons (Fsp3) is 0.679. The van der Waals surface area contributed by atoms with Crippen LogP contribution in [0.4, 0.5) is 0 Å². The van der Waals surface area contributed by atoms with Crippen molar-refractivity contribution in [3.8, 4) is 5.75 Å². The summed E-state index contributed by atoms with van der Waals surface area (Å²) in [5.74, 6) is 1.58. The van der Waals surface area contributed by atoms with E-state index < -0.39 is 0 Å². The minimum absolute atomic E-state index is 0.0446. The summed E-state index contributed by atoms with van der Waals surface area (Å²) in [5.41, 5.74) is 1.12. The number of benzene rings is 1. The Bertz CT molecular complexity index is 872. The molecule has 4 fully saturated rings. The van der Waals surface area contributed by atoms with E-state index >= 15 is 0 Å². The molecule has 7 nitrogen and oxygen atoms in total. The predicted octanol–water partition coefficient (Wildman–Crippen LogP) is 5.05. The van der Waals surface area contributed by atoms with E-state index in [9.17, 15) is 4.79 Å². The highest BCUT2D eigenvalue weighted by atomic mass is 16.7. The highest BCUT2D eigenvalue weighted by Gasteiger charge is 2.53. The molecule has 35 heavy (non-hydrogen) atoms. The van der Waals surface area contributed by atoms with Gasteiger partial charge in [0.1, 0.15) is 17.6 Å². The summed E-state index contributed by atoms with van der Waals surface area (Å²) < 4.78 is 36.5. The van der Waals surface area contributed by atoms with Crippen molar-refractivity contribution in [1.82, 2.24) is 0 Å². The lowest BCUT2D eigenvalue weighted by Crippen LogP contribution is -2.34. The van der Waals surface area contributed by atoms with Crippen LogP contribution in [-0.2, 0) is 28.5 Å². The average molecular weight is 487 g/mol. The van der Waals surface area contributed by atoms with E-state index in [-0.39, 0.29) is 42.6 Å². The third-order valence-corrected chi connectivity index (χ3v) is 7.50. The van der Waals surface area contributed by atoms with Crippen LogP contribution in [0.5, 0.6) is 5.75 Å². The lowest BCUT2D eigenvalue weighted by molar-refractivity contribution is -0.201. The van der Waals surface area contributed by atoms with Crippen molar-refractivity contribution in [3.63, 3.8) is 0 Å².